The van der Waals surface area contributed by atoms with E-state index in [0.717, 1.165) is 22.3 Å². The van der Waals surface area contributed by atoms with Gasteiger partial charge in [-0.3, -0.25) is 14.6 Å². The summed E-state index contributed by atoms with van der Waals surface area (Å²) in [5.74, 6) is -0.825. The Hall–Kier alpha value is -3.89. The zero-order valence-corrected chi connectivity index (χ0v) is 23.4. The normalized spacial score (nSPS) is 15.1. The number of aromatic nitrogens is 1. The van der Waals surface area contributed by atoms with Gasteiger partial charge in [0, 0.05) is 42.7 Å². The molecule has 9 nitrogen and oxygen atoms in total. The minimum Gasteiger partial charge on any atom is -0.322 e. The van der Waals surface area contributed by atoms with Crippen LogP contribution in [0.4, 0.5) is 5.69 Å². The Morgan fingerprint density at radius 3 is 2.23 bits per heavy atom. The van der Waals surface area contributed by atoms with E-state index in [0.29, 0.717) is 34.7 Å². The first kappa shape index (κ1) is 28.1. The molecule has 0 spiro atoms. The molecule has 2 amide bonds. The van der Waals surface area contributed by atoms with Crippen molar-refractivity contribution in [2.45, 2.75) is 45.4 Å². The Kier molecular flexibility index (Phi) is 8.57. The minimum absolute atomic E-state index is 0.240. The highest BCUT2D eigenvalue weighted by Gasteiger charge is 2.33. The molecule has 2 N–H and O–H groups in total. The number of nitrogens with zero attached hydrogens (tertiary/aromatic N) is 3. The van der Waals surface area contributed by atoms with Crippen molar-refractivity contribution in [2.75, 3.05) is 18.4 Å². The Morgan fingerprint density at radius 1 is 0.949 bits per heavy atom. The van der Waals surface area contributed by atoms with Crippen LogP contribution in [-0.4, -0.2) is 48.3 Å². The third-order valence-electron chi connectivity index (χ3n) is 6.84. The van der Waals surface area contributed by atoms with E-state index in [9.17, 15) is 18.0 Å². The zero-order valence-electron chi connectivity index (χ0n) is 22.6. The Balaban J connectivity index is 1.35. The van der Waals surface area contributed by atoms with Crippen LogP contribution in [0.3, 0.4) is 0 Å². The second kappa shape index (κ2) is 11.9. The zero-order chi connectivity index (χ0) is 28.2. The summed E-state index contributed by atoms with van der Waals surface area (Å²) in [6.07, 6.45) is 3.94. The van der Waals surface area contributed by atoms with Crippen LogP contribution in [0.2, 0.25) is 0 Å². The lowest BCUT2D eigenvalue weighted by Gasteiger charge is -2.31. The van der Waals surface area contributed by atoms with Crippen LogP contribution in [0.15, 0.2) is 70.9 Å². The largest absolute Gasteiger partial charge is 0.322 e. The molecule has 3 aromatic rings. The predicted octanol–water partition coefficient (Wildman–Crippen LogP) is 4.20. The Bertz CT molecular complexity index is 1490. The molecule has 2 aromatic carbocycles. The Labute approximate surface area is 229 Å². The van der Waals surface area contributed by atoms with E-state index in [1.165, 1.54) is 4.31 Å². The van der Waals surface area contributed by atoms with Crippen molar-refractivity contribution in [1.82, 2.24) is 14.7 Å². The van der Waals surface area contributed by atoms with Gasteiger partial charge < -0.3 is 5.32 Å². The summed E-state index contributed by atoms with van der Waals surface area (Å²) in [5, 5.41) is 7.10. The molecule has 0 saturated carbocycles. The first-order chi connectivity index (χ1) is 18.6. The average Bonchev–Trinajstić information content (AvgIpc) is 2.91. The molecule has 2 heterocycles. The summed E-state index contributed by atoms with van der Waals surface area (Å²) >= 11 is 0. The lowest BCUT2D eigenvalue weighted by Crippen LogP contribution is -2.42. The molecule has 1 saturated heterocycles. The molecule has 4 rings (SSSR count). The number of amides is 2. The maximum absolute atomic E-state index is 13.3. The summed E-state index contributed by atoms with van der Waals surface area (Å²) in [7, 11) is -3.64. The van der Waals surface area contributed by atoms with Crippen LogP contribution in [0.25, 0.3) is 0 Å². The van der Waals surface area contributed by atoms with Crippen molar-refractivity contribution in [3.63, 3.8) is 0 Å². The number of rotatable bonds is 7. The van der Waals surface area contributed by atoms with Gasteiger partial charge in [-0.15, -0.1) is 0 Å². The highest BCUT2D eigenvalue weighted by molar-refractivity contribution is 7.89. The highest BCUT2D eigenvalue weighted by Crippen LogP contribution is 2.29. The number of sulfonamides is 1. The van der Waals surface area contributed by atoms with Gasteiger partial charge in [0.2, 0.25) is 15.9 Å². The number of anilines is 1. The summed E-state index contributed by atoms with van der Waals surface area (Å²) in [6.45, 7) is 7.90. The first-order valence-corrected chi connectivity index (χ1v) is 14.2. The van der Waals surface area contributed by atoms with E-state index in [2.05, 4.69) is 20.8 Å². The lowest BCUT2D eigenvalue weighted by atomic mass is 9.98. The molecule has 1 aliphatic rings. The third-order valence-corrected chi connectivity index (χ3v) is 9.05. The quantitative estimate of drug-likeness (QED) is 0.339. The second-order valence-electron chi connectivity index (χ2n) is 9.85. The molecule has 1 fully saturated rings. The van der Waals surface area contributed by atoms with Crippen LogP contribution in [-0.2, 0) is 14.8 Å². The SMILES string of the molecule is CC(=NNC(=O)C1CCN(S(=O)(=O)c2c(C)cc(C)cc2C)CC1)c1cccc(NC(=O)c2ccncc2)c1. The molecule has 204 valence electrons. The molecule has 10 heteroatoms. The number of aryl methyl sites for hydroxylation is 3. The van der Waals surface area contributed by atoms with Crippen molar-refractivity contribution < 1.29 is 18.0 Å². The maximum atomic E-state index is 13.3. The summed E-state index contributed by atoms with van der Waals surface area (Å²) in [6, 6.07) is 14.2. The fourth-order valence-electron chi connectivity index (χ4n) is 4.88. The number of hydrogen-bond acceptors (Lipinski definition) is 6. The number of piperidine rings is 1. The fourth-order valence-corrected chi connectivity index (χ4v) is 6.77. The number of pyridine rings is 1. The molecule has 1 aromatic heterocycles. The predicted molar refractivity (Wildman–Crippen MR) is 151 cm³/mol. The van der Waals surface area contributed by atoms with Gasteiger partial charge in [0.25, 0.3) is 5.91 Å². The van der Waals surface area contributed by atoms with Crippen LogP contribution in [0, 0.1) is 26.7 Å². The number of nitrogens with one attached hydrogen (secondary N) is 2. The van der Waals surface area contributed by atoms with Crippen LogP contribution >= 0.6 is 0 Å². The van der Waals surface area contributed by atoms with Crippen molar-refractivity contribution in [3.05, 3.63) is 88.7 Å². The monoisotopic (exact) mass is 547 g/mol. The lowest BCUT2D eigenvalue weighted by molar-refractivity contribution is -0.126. The summed E-state index contributed by atoms with van der Waals surface area (Å²) in [5.41, 5.74) is 7.54. The number of hydrogen-bond donors (Lipinski definition) is 2. The molecule has 0 unspecified atom stereocenters. The summed E-state index contributed by atoms with van der Waals surface area (Å²) < 4.78 is 28.2. The molecule has 0 aliphatic carbocycles. The van der Waals surface area contributed by atoms with Gasteiger partial charge in [0.15, 0.2) is 0 Å². The van der Waals surface area contributed by atoms with Crippen LogP contribution in [0.5, 0.6) is 0 Å². The molecule has 0 bridgehead atoms. The van der Waals surface area contributed by atoms with E-state index in [1.54, 1.807) is 49.6 Å². The molecule has 0 radical (unpaired) electrons. The second-order valence-corrected chi connectivity index (χ2v) is 11.7. The standard InChI is InChI=1S/C29H33N5O4S/c1-19-16-20(2)27(21(3)17-19)39(37,38)34-14-10-24(11-15-34)29(36)33-32-22(4)25-6-5-7-26(18-25)31-28(35)23-8-12-30-13-9-23/h5-9,12-13,16-18,24H,10-11,14-15H2,1-4H3,(H,31,35)(H,33,36). The van der Waals surface area contributed by atoms with E-state index in [1.807, 2.05) is 39.0 Å². The minimum atomic E-state index is -3.64. The molecular weight excluding hydrogens is 514 g/mol. The van der Waals surface area contributed by atoms with Crippen LogP contribution < -0.4 is 10.7 Å². The van der Waals surface area contributed by atoms with Crippen LogP contribution in [0.1, 0.15) is 52.4 Å². The van der Waals surface area contributed by atoms with Gasteiger partial charge in [-0.1, -0.05) is 29.8 Å². The third kappa shape index (κ3) is 6.58. The number of benzene rings is 2. The smallest absolute Gasteiger partial charge is 0.255 e. The van der Waals surface area contributed by atoms with Crippen molar-refractivity contribution in [3.8, 4) is 0 Å². The van der Waals surface area contributed by atoms with E-state index >= 15 is 0 Å². The van der Waals surface area contributed by atoms with Gasteiger partial charge >= 0.3 is 0 Å². The molecule has 1 aliphatic heterocycles. The Morgan fingerprint density at radius 2 is 1.59 bits per heavy atom. The van der Waals surface area contributed by atoms with Crippen molar-refractivity contribution in [1.29, 1.82) is 0 Å². The highest BCUT2D eigenvalue weighted by atomic mass is 32.2. The van der Waals surface area contributed by atoms with Gasteiger partial charge in [0.05, 0.1) is 10.6 Å². The van der Waals surface area contributed by atoms with E-state index < -0.39 is 10.0 Å². The first-order valence-electron chi connectivity index (χ1n) is 12.8. The van der Waals surface area contributed by atoms with Crippen molar-refractivity contribution in [2.24, 2.45) is 11.0 Å². The summed E-state index contributed by atoms with van der Waals surface area (Å²) in [4.78, 5) is 29.5. The average molecular weight is 548 g/mol. The fraction of sp³-hybridized carbons (Fsp3) is 0.310. The molecule has 39 heavy (non-hydrogen) atoms. The maximum Gasteiger partial charge on any atom is 0.255 e. The van der Waals surface area contributed by atoms with E-state index in [-0.39, 0.29) is 30.8 Å². The number of carbonyl (C=O) groups excluding carboxylic acids is 2. The van der Waals surface area contributed by atoms with Crippen molar-refractivity contribution >= 4 is 33.2 Å². The molecular formula is C29H33N5O4S. The topological polar surface area (TPSA) is 121 Å². The van der Waals surface area contributed by atoms with Gasteiger partial charge in [-0.2, -0.15) is 9.41 Å². The van der Waals surface area contributed by atoms with Gasteiger partial charge in [-0.05, 0) is 81.5 Å². The number of carbonyl (C=O) groups is 2. The van der Waals surface area contributed by atoms with Gasteiger partial charge in [0.1, 0.15) is 0 Å². The van der Waals surface area contributed by atoms with E-state index in [4.69, 9.17) is 0 Å². The number of hydrazone groups is 1. The molecule has 0 atom stereocenters. The van der Waals surface area contributed by atoms with Gasteiger partial charge in [-0.25, -0.2) is 13.8 Å².